The van der Waals surface area contributed by atoms with E-state index < -0.39 is 17.3 Å². The molecule has 1 saturated heterocycles. The van der Waals surface area contributed by atoms with Crippen LogP contribution in [0.2, 0.25) is 0 Å². The van der Waals surface area contributed by atoms with Crippen LogP contribution in [0, 0.1) is 6.92 Å². The fourth-order valence-corrected chi connectivity index (χ4v) is 6.37. The summed E-state index contributed by atoms with van der Waals surface area (Å²) in [5.74, 6) is 0.146. The third-order valence-electron chi connectivity index (χ3n) is 8.03. The molecule has 47 heavy (non-hydrogen) atoms. The first kappa shape index (κ1) is 35.7. The van der Waals surface area contributed by atoms with Gasteiger partial charge in [-0.05, 0) is 74.1 Å². The molecule has 0 saturated carbocycles. The van der Waals surface area contributed by atoms with Gasteiger partial charge in [0.15, 0.2) is 0 Å². The molecule has 4 rings (SSSR count). The molecule has 0 atom stereocenters. The van der Waals surface area contributed by atoms with Crippen LogP contribution < -0.4 is 15.4 Å². The van der Waals surface area contributed by atoms with E-state index in [1.165, 1.54) is 11.0 Å². The topological polar surface area (TPSA) is 103 Å². The van der Waals surface area contributed by atoms with Crippen molar-refractivity contribution >= 4 is 35.5 Å². The molecule has 0 bridgehead atoms. The number of amidine groups is 1. The number of rotatable bonds is 14. The molecular weight excluding hydrogens is 631 g/mol. The lowest BCUT2D eigenvalue weighted by atomic mass is 9.89. The molecule has 9 nitrogen and oxygen atoms in total. The third kappa shape index (κ3) is 9.25. The van der Waals surface area contributed by atoms with Crippen molar-refractivity contribution in [2.45, 2.75) is 44.3 Å². The highest BCUT2D eigenvalue weighted by Gasteiger charge is 2.46. The zero-order chi connectivity index (χ0) is 34.2. The molecule has 13 heteroatoms. The van der Waals surface area contributed by atoms with E-state index in [9.17, 15) is 27.6 Å². The van der Waals surface area contributed by atoms with Crippen LogP contribution in [0.25, 0.3) is 0 Å². The summed E-state index contributed by atoms with van der Waals surface area (Å²) in [5.41, 5.74) is 0.845. The van der Waals surface area contributed by atoms with Gasteiger partial charge >= 0.3 is 6.18 Å². The van der Waals surface area contributed by atoms with Gasteiger partial charge < -0.3 is 20.3 Å². The lowest BCUT2D eigenvalue weighted by Gasteiger charge is -2.34. The van der Waals surface area contributed by atoms with Crippen molar-refractivity contribution < 1.29 is 32.3 Å². The van der Waals surface area contributed by atoms with Crippen molar-refractivity contribution in [1.29, 1.82) is 0 Å². The maximum absolute atomic E-state index is 13.6. The van der Waals surface area contributed by atoms with Gasteiger partial charge in [-0.2, -0.15) is 13.2 Å². The molecule has 2 aliphatic heterocycles. The number of aliphatic imine (C=N–C) groups is 1. The molecule has 3 amide bonds. The van der Waals surface area contributed by atoms with E-state index in [1.807, 2.05) is 19.1 Å². The smallest absolute Gasteiger partial charge is 0.416 e. The first-order valence-electron chi connectivity index (χ1n) is 15.3. The molecule has 0 aromatic heterocycles. The van der Waals surface area contributed by atoms with Crippen LogP contribution in [0.4, 0.5) is 13.2 Å². The summed E-state index contributed by atoms with van der Waals surface area (Å²) in [6.45, 7) is 10.8. The Morgan fingerprint density at radius 2 is 1.91 bits per heavy atom. The van der Waals surface area contributed by atoms with E-state index in [0.717, 1.165) is 35.4 Å². The van der Waals surface area contributed by atoms with Gasteiger partial charge in [-0.1, -0.05) is 30.2 Å². The Balaban J connectivity index is 1.32. The van der Waals surface area contributed by atoms with E-state index in [4.69, 9.17) is 4.74 Å². The number of nitrogens with one attached hydrogen (secondary N) is 2. The average Bonchev–Trinajstić information content (AvgIpc) is 3.35. The zero-order valence-corrected chi connectivity index (χ0v) is 27.4. The Bertz CT molecular complexity index is 1540. The highest BCUT2D eigenvalue weighted by atomic mass is 32.2. The first-order chi connectivity index (χ1) is 22.3. The Morgan fingerprint density at radius 1 is 1.17 bits per heavy atom. The minimum Gasteiger partial charge on any atom is -0.493 e. The number of nitrogens with zero attached hydrogens (tertiary/aromatic N) is 3. The summed E-state index contributed by atoms with van der Waals surface area (Å²) in [6, 6.07) is 8.93. The Labute approximate surface area is 277 Å². The second-order valence-corrected chi connectivity index (χ2v) is 12.7. The highest BCUT2D eigenvalue weighted by Crippen LogP contribution is 2.36. The molecule has 0 aliphatic carbocycles. The van der Waals surface area contributed by atoms with Crippen molar-refractivity contribution in [3.63, 3.8) is 0 Å². The molecule has 1 fully saturated rings. The lowest BCUT2D eigenvalue weighted by Crippen LogP contribution is -2.47. The Kier molecular flexibility index (Phi) is 11.9. The largest absolute Gasteiger partial charge is 0.493 e. The summed E-state index contributed by atoms with van der Waals surface area (Å²) < 4.78 is 48.6. The van der Waals surface area contributed by atoms with Crippen molar-refractivity contribution in [2.24, 2.45) is 4.99 Å². The maximum Gasteiger partial charge on any atom is 0.416 e. The second kappa shape index (κ2) is 15.7. The van der Waals surface area contributed by atoms with E-state index >= 15 is 0 Å². The fraction of sp³-hybridized carbons (Fsp3) is 0.412. The summed E-state index contributed by atoms with van der Waals surface area (Å²) in [5, 5.41) is 5.38. The zero-order valence-electron chi connectivity index (χ0n) is 26.6. The number of piperidine rings is 1. The minimum atomic E-state index is -4.59. The van der Waals surface area contributed by atoms with Crippen molar-refractivity contribution in [3.8, 4) is 5.75 Å². The van der Waals surface area contributed by atoms with Gasteiger partial charge in [0.05, 0.1) is 18.7 Å². The highest BCUT2D eigenvalue weighted by molar-refractivity contribution is 7.97. The fourth-order valence-electron chi connectivity index (χ4n) is 5.36. The van der Waals surface area contributed by atoms with E-state index in [-0.39, 0.29) is 48.0 Å². The molecule has 0 radical (unpaired) electrons. The lowest BCUT2D eigenvalue weighted by molar-refractivity contribution is -0.137. The van der Waals surface area contributed by atoms with Crippen molar-refractivity contribution in [1.82, 2.24) is 19.8 Å². The number of hydrogen-bond donors (Lipinski definition) is 2. The summed E-state index contributed by atoms with van der Waals surface area (Å²) in [4.78, 5) is 43.9. The van der Waals surface area contributed by atoms with Gasteiger partial charge in [0.1, 0.15) is 17.1 Å². The van der Waals surface area contributed by atoms with E-state index in [2.05, 4.69) is 33.1 Å². The van der Waals surface area contributed by atoms with Gasteiger partial charge in [0.25, 0.3) is 11.8 Å². The number of halogens is 3. The van der Waals surface area contributed by atoms with Gasteiger partial charge in [0, 0.05) is 43.6 Å². The monoisotopic (exact) mass is 671 g/mol. The quantitative estimate of drug-likeness (QED) is 0.168. The number of carbonyl (C=O) groups excluding carboxylic acids is 3. The average molecular weight is 672 g/mol. The summed E-state index contributed by atoms with van der Waals surface area (Å²) >= 11 is 1.66. The number of likely N-dealkylation sites (N-methyl/N-ethyl adjacent to an activating group) is 1. The Morgan fingerprint density at radius 3 is 2.57 bits per heavy atom. The number of aryl methyl sites for hydroxylation is 2. The second-order valence-electron chi connectivity index (χ2n) is 11.5. The summed E-state index contributed by atoms with van der Waals surface area (Å²) in [7, 11) is 1.59. The predicted molar refractivity (Wildman–Crippen MR) is 177 cm³/mol. The van der Waals surface area contributed by atoms with Crippen LogP contribution in [0.5, 0.6) is 5.75 Å². The van der Waals surface area contributed by atoms with Gasteiger partial charge in [-0.15, -0.1) is 13.2 Å². The van der Waals surface area contributed by atoms with E-state index in [0.29, 0.717) is 44.5 Å². The van der Waals surface area contributed by atoms with Crippen molar-refractivity contribution in [2.75, 3.05) is 45.6 Å². The number of ether oxygens (including phenoxy) is 1. The molecule has 2 aromatic carbocycles. The number of amides is 3. The first-order valence-corrected chi connectivity index (χ1v) is 16.3. The SMILES string of the molecule is C=CCCOc1cc(C2=NC3(CCN(SCCc4ccc(C(=O)N(C)CC(=O)NCC=C)cc4C)CC3)C(=O)N2)cc(C(F)(F)F)c1. The number of carbonyl (C=O) groups is 3. The molecule has 2 N–H and O–H groups in total. The van der Waals surface area contributed by atoms with Gasteiger partial charge in [-0.25, -0.2) is 0 Å². The van der Waals surface area contributed by atoms with E-state index in [1.54, 1.807) is 37.2 Å². The third-order valence-corrected chi connectivity index (χ3v) is 9.15. The van der Waals surface area contributed by atoms with Gasteiger partial charge in [0.2, 0.25) is 5.91 Å². The van der Waals surface area contributed by atoms with Crippen LogP contribution in [-0.4, -0.2) is 83.9 Å². The molecular formula is C34H40F3N5O4S. The number of hydrogen-bond acceptors (Lipinski definition) is 7. The van der Waals surface area contributed by atoms with Crippen LogP contribution in [0.3, 0.4) is 0 Å². The minimum absolute atomic E-state index is 0.0485. The van der Waals surface area contributed by atoms with Crippen LogP contribution >= 0.6 is 11.9 Å². The molecule has 1 spiro atoms. The molecule has 2 aromatic rings. The molecule has 2 heterocycles. The maximum atomic E-state index is 13.6. The normalized spacial score (nSPS) is 15.9. The molecule has 0 unspecified atom stereocenters. The molecule has 2 aliphatic rings. The molecule has 252 valence electrons. The van der Waals surface area contributed by atoms with Crippen LogP contribution in [0.1, 0.15) is 51.9 Å². The standard InChI is InChI=1S/C34H40F3N5O4S/c1-5-7-16-46-28-20-26(19-27(21-28)34(35,36)37)30-39-32(45)33(40-30)11-14-42(15-12-33)47-17-10-24-8-9-25(18-23(24)3)31(44)41(4)22-29(43)38-13-6-2/h5-6,8-9,18-21H,1-2,7,10-17,22H2,3-4H3,(H,38,43)(H,39,40,45). The Hall–Kier alpha value is -4.10. The van der Waals surface area contributed by atoms with Gasteiger partial charge in [-0.3, -0.25) is 23.7 Å². The van der Waals surface area contributed by atoms with Crippen LogP contribution in [0.15, 0.2) is 66.7 Å². The predicted octanol–water partition coefficient (Wildman–Crippen LogP) is 4.94. The van der Waals surface area contributed by atoms with Crippen molar-refractivity contribution in [3.05, 3.63) is 89.5 Å². The van der Waals surface area contributed by atoms with Crippen LogP contribution in [-0.2, 0) is 22.2 Å². The number of alkyl halides is 3. The summed E-state index contributed by atoms with van der Waals surface area (Å²) in [6.07, 6.45) is 0.718. The number of benzene rings is 2.